The van der Waals surface area contributed by atoms with Gasteiger partial charge < -0.3 is 9.84 Å². The molecule has 144 valence electrons. The fraction of sp³-hybridized carbons (Fsp3) is 0.318. The normalized spacial score (nSPS) is 17.0. The van der Waals surface area contributed by atoms with E-state index < -0.39 is 0 Å². The first-order chi connectivity index (χ1) is 13.7. The summed E-state index contributed by atoms with van der Waals surface area (Å²) in [5, 5.41) is 7.10. The van der Waals surface area contributed by atoms with Gasteiger partial charge in [-0.2, -0.15) is 4.98 Å². The minimum absolute atomic E-state index is 0.0509. The molecule has 1 aliphatic heterocycles. The second-order valence-electron chi connectivity index (χ2n) is 7.00. The van der Waals surface area contributed by atoms with Crippen molar-refractivity contribution in [3.63, 3.8) is 0 Å². The van der Waals surface area contributed by atoms with Crippen LogP contribution < -0.4 is 5.32 Å². The number of carbonyl (C=O) groups excluding carboxylic acids is 1. The Morgan fingerprint density at radius 3 is 2.68 bits per heavy atom. The van der Waals surface area contributed by atoms with Gasteiger partial charge in [-0.15, -0.1) is 0 Å². The van der Waals surface area contributed by atoms with Crippen LogP contribution in [0.2, 0.25) is 0 Å². The molecule has 6 nitrogen and oxygen atoms in total. The third-order valence-corrected chi connectivity index (χ3v) is 5.26. The van der Waals surface area contributed by atoms with E-state index in [1.165, 1.54) is 6.42 Å². The minimum Gasteiger partial charge on any atom is -0.350 e. The van der Waals surface area contributed by atoms with Crippen LogP contribution in [0.4, 0.5) is 0 Å². The predicted molar refractivity (Wildman–Crippen MR) is 108 cm³/mol. The molecule has 6 heteroatoms. The number of nitrogens with zero attached hydrogens (tertiary/aromatic N) is 3. The van der Waals surface area contributed by atoms with E-state index in [1.54, 1.807) is 12.1 Å². The number of hydrogen-bond acceptors (Lipinski definition) is 5. The number of likely N-dealkylation sites (N-methyl/N-ethyl adjacent to an activating group) is 1. The highest BCUT2D eigenvalue weighted by molar-refractivity contribution is 5.94. The van der Waals surface area contributed by atoms with Crippen LogP contribution in [-0.2, 0) is 0 Å². The molecule has 1 fully saturated rings. The van der Waals surface area contributed by atoms with Crippen LogP contribution in [0.15, 0.2) is 59.1 Å². The first-order valence-electron chi connectivity index (χ1n) is 9.76. The Hall–Kier alpha value is -2.99. The van der Waals surface area contributed by atoms with E-state index >= 15 is 0 Å². The van der Waals surface area contributed by atoms with Gasteiger partial charge in [0.1, 0.15) is 0 Å². The average Bonchev–Trinajstić information content (AvgIpc) is 3.42. The zero-order chi connectivity index (χ0) is 19.3. The molecule has 2 heterocycles. The lowest BCUT2D eigenvalue weighted by atomic mass is 10.1. The Labute approximate surface area is 164 Å². The molecule has 0 saturated carbocycles. The van der Waals surface area contributed by atoms with Crippen LogP contribution in [0, 0.1) is 0 Å². The van der Waals surface area contributed by atoms with E-state index in [0.29, 0.717) is 29.9 Å². The van der Waals surface area contributed by atoms with Gasteiger partial charge in [0.05, 0.1) is 0 Å². The molecule has 0 radical (unpaired) electrons. The van der Waals surface area contributed by atoms with Crippen molar-refractivity contribution in [1.29, 1.82) is 0 Å². The third-order valence-electron chi connectivity index (χ3n) is 5.26. The monoisotopic (exact) mass is 376 g/mol. The smallest absolute Gasteiger partial charge is 0.258 e. The van der Waals surface area contributed by atoms with E-state index in [0.717, 1.165) is 30.6 Å². The maximum Gasteiger partial charge on any atom is 0.258 e. The van der Waals surface area contributed by atoms with Crippen molar-refractivity contribution in [2.75, 3.05) is 19.6 Å². The standard InChI is InChI=1S/C22H24N4O2/c1-2-26-14-6-9-19(26)15-23-21(27)17-10-12-18(13-11-17)22-24-20(25-28-22)16-7-4-3-5-8-16/h3-5,7-8,10-13,19H,2,6,9,14-15H2,1H3,(H,23,27)/t19-/m1/s1. The summed E-state index contributed by atoms with van der Waals surface area (Å²) in [4.78, 5) is 19.3. The SMILES string of the molecule is CCN1CCC[C@@H]1CNC(=O)c1ccc(-c2nc(-c3ccccc3)no2)cc1. The van der Waals surface area contributed by atoms with Gasteiger partial charge in [-0.1, -0.05) is 42.4 Å². The summed E-state index contributed by atoms with van der Waals surface area (Å²) < 4.78 is 5.38. The van der Waals surface area contributed by atoms with Gasteiger partial charge in [-0.3, -0.25) is 9.69 Å². The van der Waals surface area contributed by atoms with Gasteiger partial charge in [-0.05, 0) is 50.2 Å². The molecule has 4 rings (SSSR count). The van der Waals surface area contributed by atoms with Gasteiger partial charge in [-0.25, -0.2) is 0 Å². The first kappa shape index (κ1) is 18.4. The van der Waals surface area contributed by atoms with E-state index in [4.69, 9.17) is 4.52 Å². The molecule has 1 N–H and O–H groups in total. The first-order valence-corrected chi connectivity index (χ1v) is 9.76. The van der Waals surface area contributed by atoms with Crippen molar-refractivity contribution < 1.29 is 9.32 Å². The Morgan fingerprint density at radius 2 is 1.93 bits per heavy atom. The van der Waals surface area contributed by atoms with Gasteiger partial charge >= 0.3 is 0 Å². The highest BCUT2D eigenvalue weighted by Crippen LogP contribution is 2.22. The number of likely N-dealkylation sites (tertiary alicyclic amines) is 1. The molecule has 0 unspecified atom stereocenters. The molecule has 1 aliphatic rings. The number of aromatic nitrogens is 2. The van der Waals surface area contributed by atoms with Crippen molar-refractivity contribution in [3.8, 4) is 22.8 Å². The molecule has 1 amide bonds. The highest BCUT2D eigenvalue weighted by atomic mass is 16.5. The number of hydrogen-bond donors (Lipinski definition) is 1. The second-order valence-corrected chi connectivity index (χ2v) is 7.00. The van der Waals surface area contributed by atoms with Crippen LogP contribution in [0.25, 0.3) is 22.8 Å². The molecule has 0 bridgehead atoms. The molecular formula is C22H24N4O2. The number of amides is 1. The summed E-state index contributed by atoms with van der Waals surface area (Å²) in [5.74, 6) is 0.940. The van der Waals surface area contributed by atoms with Crippen LogP contribution in [0.1, 0.15) is 30.1 Å². The predicted octanol–water partition coefficient (Wildman–Crippen LogP) is 3.62. The summed E-state index contributed by atoms with van der Waals surface area (Å²) in [5.41, 5.74) is 2.33. The molecule has 3 aromatic rings. The lowest BCUT2D eigenvalue weighted by Crippen LogP contribution is -2.40. The van der Waals surface area contributed by atoms with Crippen molar-refractivity contribution in [3.05, 3.63) is 60.2 Å². The Morgan fingerprint density at radius 1 is 1.14 bits per heavy atom. The third kappa shape index (κ3) is 3.97. The second kappa shape index (κ2) is 8.35. The summed E-state index contributed by atoms with van der Waals surface area (Å²) >= 11 is 0. The number of rotatable bonds is 6. The van der Waals surface area contributed by atoms with Gasteiger partial charge in [0.25, 0.3) is 11.8 Å². The van der Waals surface area contributed by atoms with Gasteiger partial charge in [0.15, 0.2) is 0 Å². The molecule has 1 saturated heterocycles. The van der Waals surface area contributed by atoms with E-state index in [-0.39, 0.29) is 5.91 Å². The quantitative estimate of drug-likeness (QED) is 0.711. The van der Waals surface area contributed by atoms with E-state index in [2.05, 4.69) is 27.3 Å². The number of nitrogens with one attached hydrogen (secondary N) is 1. The summed E-state index contributed by atoms with van der Waals surface area (Å²) in [7, 11) is 0. The number of benzene rings is 2. The maximum absolute atomic E-state index is 12.5. The van der Waals surface area contributed by atoms with Crippen LogP contribution in [0.5, 0.6) is 0 Å². The van der Waals surface area contributed by atoms with E-state index in [9.17, 15) is 4.79 Å². The van der Waals surface area contributed by atoms with Crippen molar-refractivity contribution in [2.24, 2.45) is 0 Å². The number of carbonyl (C=O) groups is 1. The molecule has 1 atom stereocenters. The summed E-state index contributed by atoms with van der Waals surface area (Å²) in [6.07, 6.45) is 2.35. The molecular weight excluding hydrogens is 352 g/mol. The molecule has 0 spiro atoms. The lowest BCUT2D eigenvalue weighted by molar-refractivity contribution is 0.0941. The van der Waals surface area contributed by atoms with Gasteiger partial charge in [0.2, 0.25) is 5.82 Å². The Bertz CT molecular complexity index is 921. The van der Waals surface area contributed by atoms with Crippen molar-refractivity contribution in [2.45, 2.75) is 25.8 Å². The van der Waals surface area contributed by atoms with Crippen LogP contribution in [-0.4, -0.2) is 46.6 Å². The topological polar surface area (TPSA) is 71.3 Å². The summed E-state index contributed by atoms with van der Waals surface area (Å²) in [6.45, 7) is 5.02. The summed E-state index contributed by atoms with van der Waals surface area (Å²) in [6, 6.07) is 17.4. The fourth-order valence-corrected chi connectivity index (χ4v) is 3.66. The molecule has 1 aromatic heterocycles. The zero-order valence-corrected chi connectivity index (χ0v) is 16.0. The highest BCUT2D eigenvalue weighted by Gasteiger charge is 2.23. The lowest BCUT2D eigenvalue weighted by Gasteiger charge is -2.22. The zero-order valence-electron chi connectivity index (χ0n) is 16.0. The molecule has 2 aromatic carbocycles. The van der Waals surface area contributed by atoms with Crippen molar-refractivity contribution >= 4 is 5.91 Å². The van der Waals surface area contributed by atoms with E-state index in [1.807, 2.05) is 42.5 Å². The Balaban J connectivity index is 1.40. The van der Waals surface area contributed by atoms with Gasteiger partial charge in [0, 0.05) is 29.3 Å². The van der Waals surface area contributed by atoms with Crippen molar-refractivity contribution in [1.82, 2.24) is 20.4 Å². The average molecular weight is 376 g/mol. The molecule has 0 aliphatic carbocycles. The Kier molecular flexibility index (Phi) is 5.48. The minimum atomic E-state index is -0.0509. The van der Waals surface area contributed by atoms with Crippen LogP contribution in [0.3, 0.4) is 0 Å². The molecule has 28 heavy (non-hydrogen) atoms. The maximum atomic E-state index is 12.5. The fourth-order valence-electron chi connectivity index (χ4n) is 3.66. The largest absolute Gasteiger partial charge is 0.350 e. The van der Waals surface area contributed by atoms with Crippen LogP contribution >= 0.6 is 0 Å².